The summed E-state index contributed by atoms with van der Waals surface area (Å²) in [5.41, 5.74) is 1.74. The molecule has 0 saturated heterocycles. The molecule has 7 nitrogen and oxygen atoms in total. The molecule has 1 amide bonds. The Bertz CT molecular complexity index is 1280. The van der Waals surface area contributed by atoms with Crippen LogP contribution in [0.1, 0.15) is 24.1 Å². The van der Waals surface area contributed by atoms with Gasteiger partial charge in [0.1, 0.15) is 22.3 Å². The first-order chi connectivity index (χ1) is 13.8. The van der Waals surface area contributed by atoms with Crippen LogP contribution < -0.4 is 15.3 Å². The van der Waals surface area contributed by atoms with Gasteiger partial charge in [-0.1, -0.05) is 0 Å². The minimum atomic E-state index is -0.656. The quantitative estimate of drug-likeness (QED) is 0.346. The van der Waals surface area contributed by atoms with E-state index in [2.05, 4.69) is 0 Å². The summed E-state index contributed by atoms with van der Waals surface area (Å²) in [4.78, 5) is 39.4. The summed E-state index contributed by atoms with van der Waals surface area (Å²) in [6.45, 7) is 3.22. The highest BCUT2D eigenvalue weighted by molar-refractivity contribution is 8.01. The average Bonchev–Trinajstić information content (AvgIpc) is 2.65. The van der Waals surface area contributed by atoms with Crippen molar-refractivity contribution in [3.05, 3.63) is 57.9 Å². The van der Waals surface area contributed by atoms with Crippen molar-refractivity contribution in [1.29, 1.82) is 0 Å². The van der Waals surface area contributed by atoms with Crippen LogP contribution in [-0.2, 0) is 9.59 Å². The number of benzene rings is 2. The maximum absolute atomic E-state index is 12.8. The second-order valence-corrected chi connectivity index (χ2v) is 8.26. The van der Waals surface area contributed by atoms with Crippen LogP contribution in [0.4, 0.5) is 5.69 Å². The molecule has 0 radical (unpaired) electrons. The van der Waals surface area contributed by atoms with E-state index in [4.69, 9.17) is 9.15 Å². The van der Waals surface area contributed by atoms with Gasteiger partial charge in [0.25, 0.3) is 0 Å². The van der Waals surface area contributed by atoms with Crippen LogP contribution in [0.15, 0.2) is 50.5 Å². The number of hydrogen-bond donors (Lipinski definition) is 1. The fraction of sp³-hybridized carbons (Fsp3) is 0.190. The number of aryl methyl sites for hydroxylation is 1. The number of phenols is 1. The first-order valence-corrected chi connectivity index (χ1v) is 9.81. The number of ether oxygens (including phenoxy) is 1. The molecule has 0 spiro atoms. The molecular weight excluding hydrogens is 394 g/mol. The van der Waals surface area contributed by atoms with Gasteiger partial charge in [-0.3, -0.25) is 9.59 Å². The van der Waals surface area contributed by atoms with E-state index >= 15 is 0 Å². The highest BCUT2D eigenvalue weighted by Crippen LogP contribution is 2.53. The number of phenolic OH excluding ortho intramolecular Hbond substituents is 1. The van der Waals surface area contributed by atoms with Gasteiger partial charge in [-0.05, 0) is 30.7 Å². The largest absolute Gasteiger partial charge is 0.508 e. The lowest BCUT2D eigenvalue weighted by atomic mass is 9.94. The number of thioether (sulfide) groups is 1. The number of carbonyl (C=O) groups excluding carboxylic acids is 2. The monoisotopic (exact) mass is 409 g/mol. The van der Waals surface area contributed by atoms with Gasteiger partial charge in [0, 0.05) is 41.0 Å². The number of hydrogen-bond acceptors (Lipinski definition) is 7. The molecule has 2 unspecified atom stereocenters. The molecule has 1 aromatic heterocycles. The summed E-state index contributed by atoms with van der Waals surface area (Å²) < 4.78 is 10.8. The van der Waals surface area contributed by atoms with Crippen molar-refractivity contribution in [2.24, 2.45) is 0 Å². The first-order valence-electron chi connectivity index (χ1n) is 8.93. The molecule has 1 N–H and O–H groups in total. The van der Waals surface area contributed by atoms with E-state index in [0.717, 1.165) is 5.56 Å². The van der Waals surface area contributed by atoms with Gasteiger partial charge < -0.3 is 19.2 Å². The SMILES string of the molecule is CC(=O)N1c2cc(O)ccc2SC2C(=O)Oc3cc4oc(=O)cc(C)c4cc3C21. The topological polar surface area (TPSA) is 97.1 Å². The predicted molar refractivity (Wildman–Crippen MR) is 107 cm³/mol. The highest BCUT2D eigenvalue weighted by atomic mass is 32.2. The number of carbonyl (C=O) groups is 2. The van der Waals surface area contributed by atoms with Crippen LogP contribution in [0.5, 0.6) is 11.5 Å². The Morgan fingerprint density at radius 1 is 1.17 bits per heavy atom. The Labute approximate surface area is 168 Å². The van der Waals surface area contributed by atoms with Gasteiger partial charge in [0.2, 0.25) is 5.91 Å². The lowest BCUT2D eigenvalue weighted by Gasteiger charge is -2.43. The summed E-state index contributed by atoms with van der Waals surface area (Å²) >= 11 is 1.30. The van der Waals surface area contributed by atoms with E-state index in [0.29, 0.717) is 27.1 Å². The summed E-state index contributed by atoms with van der Waals surface area (Å²) in [5.74, 6) is -0.451. The third kappa shape index (κ3) is 2.63. The molecule has 3 heterocycles. The predicted octanol–water partition coefficient (Wildman–Crippen LogP) is 3.29. The summed E-state index contributed by atoms with van der Waals surface area (Å²) in [6.07, 6.45) is 0. The normalized spacial score (nSPS) is 19.9. The number of rotatable bonds is 0. The number of amides is 1. The van der Waals surface area contributed by atoms with Crippen LogP contribution in [0, 0.1) is 6.92 Å². The Hall–Kier alpha value is -3.26. The van der Waals surface area contributed by atoms with Crippen LogP contribution in [-0.4, -0.2) is 22.2 Å². The number of fused-ring (bicyclic) bond motifs is 5. The van der Waals surface area contributed by atoms with Crippen molar-refractivity contribution in [2.75, 3.05) is 4.90 Å². The van der Waals surface area contributed by atoms with Gasteiger partial charge >= 0.3 is 11.6 Å². The zero-order chi connectivity index (χ0) is 20.4. The Morgan fingerprint density at radius 2 is 1.97 bits per heavy atom. The molecule has 2 atom stereocenters. The molecule has 29 heavy (non-hydrogen) atoms. The minimum Gasteiger partial charge on any atom is -0.508 e. The first kappa shape index (κ1) is 17.8. The molecule has 3 aromatic rings. The molecule has 0 bridgehead atoms. The highest BCUT2D eigenvalue weighted by Gasteiger charge is 2.47. The molecular formula is C21H15NO6S. The van der Waals surface area contributed by atoms with Crippen LogP contribution in [0.2, 0.25) is 0 Å². The lowest BCUT2D eigenvalue weighted by Crippen LogP contribution is -2.48. The Balaban J connectivity index is 1.79. The summed E-state index contributed by atoms with van der Waals surface area (Å²) in [7, 11) is 0. The fourth-order valence-electron chi connectivity index (χ4n) is 3.97. The van der Waals surface area contributed by atoms with Crippen molar-refractivity contribution >= 4 is 40.3 Å². The van der Waals surface area contributed by atoms with Crippen molar-refractivity contribution in [2.45, 2.75) is 30.0 Å². The number of nitrogens with zero attached hydrogens (tertiary/aromatic N) is 1. The second kappa shape index (κ2) is 6.12. The molecule has 5 rings (SSSR count). The molecule has 2 aliphatic heterocycles. The molecule has 0 fully saturated rings. The van der Waals surface area contributed by atoms with Crippen molar-refractivity contribution in [1.82, 2.24) is 0 Å². The standard InChI is InChI=1S/C21H15NO6S/c1-9-5-18(25)27-15-8-16-13(7-12(9)15)19-20(21(26)28-16)29-17-4-3-11(24)6-14(17)22(19)10(2)23/h3-8,19-20,24H,1-2H3. The Morgan fingerprint density at radius 3 is 2.72 bits per heavy atom. The smallest absolute Gasteiger partial charge is 0.336 e. The molecule has 2 aromatic carbocycles. The van der Waals surface area contributed by atoms with Crippen LogP contribution in [0.25, 0.3) is 11.0 Å². The van der Waals surface area contributed by atoms with Crippen molar-refractivity contribution < 1.29 is 23.8 Å². The van der Waals surface area contributed by atoms with Crippen LogP contribution >= 0.6 is 11.8 Å². The summed E-state index contributed by atoms with van der Waals surface area (Å²) in [5, 5.41) is 10.0. The van der Waals surface area contributed by atoms with Gasteiger partial charge in [-0.15, -0.1) is 11.8 Å². The maximum atomic E-state index is 12.8. The van der Waals surface area contributed by atoms with E-state index in [9.17, 15) is 19.5 Å². The van der Waals surface area contributed by atoms with Gasteiger partial charge in [0.15, 0.2) is 0 Å². The van der Waals surface area contributed by atoms with E-state index in [-0.39, 0.29) is 17.4 Å². The van der Waals surface area contributed by atoms with E-state index in [1.165, 1.54) is 47.9 Å². The average molecular weight is 409 g/mol. The maximum Gasteiger partial charge on any atom is 0.336 e. The van der Waals surface area contributed by atoms with E-state index in [1.807, 2.05) is 0 Å². The van der Waals surface area contributed by atoms with Crippen LogP contribution in [0.3, 0.4) is 0 Å². The molecule has 0 saturated carbocycles. The fourth-order valence-corrected chi connectivity index (χ4v) is 5.21. The van der Waals surface area contributed by atoms with Crippen molar-refractivity contribution in [3.8, 4) is 11.5 Å². The van der Waals surface area contributed by atoms with Gasteiger partial charge in [-0.2, -0.15) is 0 Å². The summed E-state index contributed by atoms with van der Waals surface area (Å²) in [6, 6.07) is 8.83. The molecule has 2 aliphatic rings. The third-order valence-electron chi connectivity index (χ3n) is 5.20. The zero-order valence-corrected chi connectivity index (χ0v) is 16.3. The molecule has 0 aliphatic carbocycles. The van der Waals surface area contributed by atoms with Gasteiger partial charge in [-0.25, -0.2) is 4.79 Å². The van der Waals surface area contributed by atoms with Crippen molar-refractivity contribution in [3.63, 3.8) is 0 Å². The van der Waals surface area contributed by atoms with E-state index < -0.39 is 22.9 Å². The lowest BCUT2D eigenvalue weighted by molar-refractivity contribution is -0.135. The molecule has 8 heteroatoms. The Kier molecular flexibility index (Phi) is 3.76. The van der Waals surface area contributed by atoms with Gasteiger partial charge in [0.05, 0.1) is 11.7 Å². The minimum absolute atomic E-state index is 0.0313. The number of esters is 1. The molecule has 146 valence electrons. The van der Waals surface area contributed by atoms with E-state index in [1.54, 1.807) is 19.1 Å². The second-order valence-electron chi connectivity index (χ2n) is 7.08. The zero-order valence-electron chi connectivity index (χ0n) is 15.5. The number of aromatic hydroxyl groups is 1. The number of anilines is 1. The third-order valence-corrected chi connectivity index (χ3v) is 6.51.